The molecule has 1 aliphatic carbocycles. The van der Waals surface area contributed by atoms with E-state index >= 15 is 0 Å². The van der Waals surface area contributed by atoms with Crippen LogP contribution in [0.15, 0.2) is 59.9 Å². The SMILES string of the molecule is CC(=O)O[C@H]1C[C@@H](c2cc(O)c(O)c(OCCc3cccnc3)c2)O[C@@H]([C@@H]2CSSC[C@@]3(NC(N)=NCCCCO)CCC[C@@H](C3)Oc3cc(ccc3O)C2)C1. The quantitative estimate of drug-likeness (QED) is 0.0313. The molecule has 0 amide bonds. The number of ether oxygens (including phenoxy) is 4. The van der Waals surface area contributed by atoms with Crippen LogP contribution < -0.4 is 20.5 Å². The first-order valence-corrected chi connectivity index (χ1v) is 21.9. The van der Waals surface area contributed by atoms with Crippen molar-refractivity contribution in [3.8, 4) is 28.7 Å². The number of aliphatic hydroxyl groups is 1. The number of pyridine rings is 1. The lowest BCUT2D eigenvalue weighted by Gasteiger charge is -2.41. The largest absolute Gasteiger partial charge is 0.504 e. The molecule has 0 unspecified atom stereocenters. The summed E-state index contributed by atoms with van der Waals surface area (Å²) in [6.07, 6.45) is 8.70. The van der Waals surface area contributed by atoms with Crippen LogP contribution in [-0.2, 0) is 27.1 Å². The number of fused-ring (bicyclic) bond motifs is 4. The first kappa shape index (κ1) is 41.6. The van der Waals surface area contributed by atoms with Crippen LogP contribution in [0, 0.1) is 5.92 Å². The summed E-state index contributed by atoms with van der Waals surface area (Å²) in [6.45, 7) is 2.30. The molecule has 1 saturated heterocycles. The van der Waals surface area contributed by atoms with Crippen LogP contribution in [0.1, 0.15) is 81.1 Å². The zero-order chi connectivity index (χ0) is 39.5. The molecule has 56 heavy (non-hydrogen) atoms. The van der Waals surface area contributed by atoms with Gasteiger partial charge in [-0.3, -0.25) is 14.8 Å². The van der Waals surface area contributed by atoms with Gasteiger partial charge in [0.05, 0.1) is 24.4 Å². The van der Waals surface area contributed by atoms with E-state index in [1.165, 1.54) is 13.0 Å². The zero-order valence-electron chi connectivity index (χ0n) is 31.8. The lowest BCUT2D eigenvalue weighted by Crippen LogP contribution is -2.57. The maximum absolute atomic E-state index is 12.3. The predicted octanol–water partition coefficient (Wildman–Crippen LogP) is 5.96. The Bertz CT molecular complexity index is 1790. The number of nitrogens with one attached hydrogen (secondary N) is 1. The summed E-state index contributed by atoms with van der Waals surface area (Å²) in [7, 11) is 3.52. The van der Waals surface area contributed by atoms with E-state index in [-0.39, 0.29) is 65.8 Å². The van der Waals surface area contributed by atoms with Crippen LogP contribution in [0.25, 0.3) is 0 Å². The van der Waals surface area contributed by atoms with Crippen LogP contribution in [-0.4, -0.2) is 92.5 Å². The number of aliphatic hydroxyl groups excluding tert-OH is 1. The van der Waals surface area contributed by atoms with Gasteiger partial charge in [-0.15, -0.1) is 0 Å². The Kier molecular flexibility index (Phi) is 14.8. The molecule has 2 aliphatic heterocycles. The fourth-order valence-electron chi connectivity index (χ4n) is 7.77. The van der Waals surface area contributed by atoms with E-state index in [1.807, 2.05) is 24.3 Å². The van der Waals surface area contributed by atoms with Gasteiger partial charge in [-0.05, 0) is 91.5 Å². The second kappa shape index (κ2) is 19.9. The summed E-state index contributed by atoms with van der Waals surface area (Å²) in [5.74, 6) is 1.34. The lowest BCUT2D eigenvalue weighted by molar-refractivity contribution is -0.163. The normalized spacial score (nSPS) is 25.8. The van der Waals surface area contributed by atoms with Crippen LogP contribution in [0.2, 0.25) is 0 Å². The summed E-state index contributed by atoms with van der Waals surface area (Å²) >= 11 is 0. The number of benzene rings is 2. The molecule has 3 heterocycles. The van der Waals surface area contributed by atoms with Gasteiger partial charge in [0.25, 0.3) is 0 Å². The second-order valence-electron chi connectivity index (χ2n) is 15.0. The Morgan fingerprint density at radius 1 is 1.12 bits per heavy atom. The average molecular weight is 811 g/mol. The van der Waals surface area contributed by atoms with E-state index in [2.05, 4.69) is 15.3 Å². The first-order chi connectivity index (χ1) is 27.1. The molecule has 4 bridgehead atoms. The number of rotatable bonds is 12. The van der Waals surface area contributed by atoms with Crippen LogP contribution in [0.4, 0.5) is 0 Å². The van der Waals surface area contributed by atoms with Crippen molar-refractivity contribution in [2.75, 3.05) is 31.3 Å². The van der Waals surface area contributed by atoms with Gasteiger partial charge in [-0.1, -0.05) is 33.7 Å². The first-order valence-electron chi connectivity index (χ1n) is 19.4. The highest BCUT2D eigenvalue weighted by atomic mass is 33.1. The van der Waals surface area contributed by atoms with Crippen molar-refractivity contribution >= 4 is 33.5 Å². The summed E-state index contributed by atoms with van der Waals surface area (Å²) in [5.41, 5.74) is 8.60. The molecule has 0 spiro atoms. The minimum atomic E-state index is -0.572. The monoisotopic (exact) mass is 810 g/mol. The Labute approximate surface area is 336 Å². The number of nitrogens with two attached hydrogens (primary N) is 1. The highest BCUT2D eigenvalue weighted by molar-refractivity contribution is 8.76. The molecule has 13 nitrogen and oxygen atoms in total. The molecule has 1 saturated carbocycles. The number of phenols is 3. The maximum atomic E-state index is 12.3. The Morgan fingerprint density at radius 2 is 2.00 bits per heavy atom. The summed E-state index contributed by atoms with van der Waals surface area (Å²) in [4.78, 5) is 21.0. The van der Waals surface area contributed by atoms with Crippen molar-refractivity contribution in [1.82, 2.24) is 10.3 Å². The molecule has 1 aromatic heterocycles. The molecule has 6 atom stereocenters. The minimum absolute atomic E-state index is 0.0474. The Balaban J connectivity index is 1.24. The second-order valence-corrected chi connectivity index (χ2v) is 17.5. The lowest BCUT2D eigenvalue weighted by atomic mass is 9.81. The van der Waals surface area contributed by atoms with Crippen LogP contribution in [0.3, 0.4) is 0 Å². The maximum Gasteiger partial charge on any atom is 0.302 e. The van der Waals surface area contributed by atoms with Gasteiger partial charge < -0.3 is 50.4 Å². The number of esters is 1. The van der Waals surface area contributed by atoms with E-state index in [1.54, 1.807) is 46.1 Å². The number of carbonyl (C=O) groups is 1. The highest BCUT2D eigenvalue weighted by Crippen LogP contribution is 2.45. The van der Waals surface area contributed by atoms with Gasteiger partial charge >= 0.3 is 5.97 Å². The molecule has 2 fully saturated rings. The van der Waals surface area contributed by atoms with Crippen molar-refractivity contribution < 1.29 is 44.2 Å². The van der Waals surface area contributed by atoms with Gasteiger partial charge in [-0.25, -0.2) is 0 Å². The van der Waals surface area contributed by atoms with E-state index in [0.717, 1.165) is 42.6 Å². The van der Waals surface area contributed by atoms with Crippen LogP contribution in [0.5, 0.6) is 28.7 Å². The molecule has 0 radical (unpaired) electrons. The molecule has 3 aliphatic rings. The Hall–Kier alpha value is -4.05. The van der Waals surface area contributed by atoms with Crippen molar-refractivity contribution in [2.45, 2.75) is 101 Å². The predicted molar refractivity (Wildman–Crippen MR) is 217 cm³/mol. The number of aromatic hydroxyl groups is 3. The molecular weight excluding hydrogens is 757 g/mol. The molecule has 6 rings (SSSR count). The van der Waals surface area contributed by atoms with Gasteiger partial charge in [-0.2, -0.15) is 0 Å². The van der Waals surface area contributed by atoms with Crippen molar-refractivity contribution in [3.05, 3.63) is 71.5 Å². The minimum Gasteiger partial charge on any atom is -0.504 e. The number of carbonyl (C=O) groups excluding carboxylic acids is 1. The number of hydrogen-bond donors (Lipinski definition) is 6. The van der Waals surface area contributed by atoms with Gasteiger partial charge in [0.15, 0.2) is 29.0 Å². The third-order valence-electron chi connectivity index (χ3n) is 10.5. The van der Waals surface area contributed by atoms with Gasteiger partial charge in [0, 0.05) is 69.7 Å². The third kappa shape index (κ3) is 11.5. The average Bonchev–Trinajstić information content (AvgIpc) is 3.18. The number of hydrogen-bond acceptors (Lipinski definition) is 13. The van der Waals surface area contributed by atoms with Crippen molar-refractivity contribution in [2.24, 2.45) is 16.6 Å². The molecule has 3 aromatic rings. The number of phenolic OH excluding ortho intramolecular Hbond substituents is 3. The zero-order valence-corrected chi connectivity index (χ0v) is 33.4. The number of aromatic nitrogens is 1. The molecule has 15 heteroatoms. The summed E-state index contributed by atoms with van der Waals surface area (Å²) in [6, 6.07) is 12.4. The van der Waals surface area contributed by atoms with Crippen LogP contribution >= 0.6 is 21.6 Å². The van der Waals surface area contributed by atoms with Gasteiger partial charge in [0.1, 0.15) is 12.2 Å². The fraction of sp³-hybridized carbons (Fsp3) is 0.537. The molecule has 304 valence electrons. The topological polar surface area (TPSA) is 198 Å². The van der Waals surface area contributed by atoms with Gasteiger partial charge in [0.2, 0.25) is 5.75 Å². The highest BCUT2D eigenvalue weighted by Gasteiger charge is 2.40. The summed E-state index contributed by atoms with van der Waals surface area (Å²) in [5, 5.41) is 45.2. The summed E-state index contributed by atoms with van der Waals surface area (Å²) < 4.78 is 25.2. The van der Waals surface area contributed by atoms with E-state index in [9.17, 15) is 20.1 Å². The third-order valence-corrected chi connectivity index (χ3v) is 13.2. The number of unbranched alkanes of at least 4 members (excludes halogenated alkanes) is 1. The molecular formula is C41H54N4O9S2. The van der Waals surface area contributed by atoms with E-state index in [4.69, 9.17) is 29.8 Å². The van der Waals surface area contributed by atoms with E-state index in [0.29, 0.717) is 68.1 Å². The van der Waals surface area contributed by atoms with Crippen molar-refractivity contribution in [3.63, 3.8) is 0 Å². The standard InChI is InChI=1S/C41H54N4O9S2/c1-26(47)52-32-20-35(29-18-34(49)39(50)38(19-29)51-15-10-27-6-5-12-43-23-27)54-36(21-32)30-16-28-8-9-33(48)37(17-28)53-31-7-4-11-41(22-31,25-56-55-24-30)45-40(42)44-13-2-3-14-46/h5-6,8-9,12,17-19,23,30-32,35-36,46,48-50H,2-4,7,10-11,13-16,20-22,24-25H2,1H3,(H3,42,44,45)/t30-,31-,32-,35-,36+,41+/m0/s1. The van der Waals surface area contributed by atoms with Crippen molar-refractivity contribution in [1.29, 1.82) is 0 Å². The fourth-order valence-corrected chi connectivity index (χ4v) is 10.8. The Morgan fingerprint density at radius 3 is 2.80 bits per heavy atom. The number of guanidine groups is 1. The molecule has 7 N–H and O–H groups in total. The number of nitrogens with zero attached hydrogens (tertiary/aromatic N) is 2. The smallest absolute Gasteiger partial charge is 0.302 e. The van der Waals surface area contributed by atoms with E-state index < -0.39 is 12.2 Å². The molecule has 2 aromatic carbocycles. The number of aliphatic imine (C=N–C) groups is 1.